The van der Waals surface area contributed by atoms with Gasteiger partial charge in [-0.25, -0.2) is 4.98 Å². The highest BCUT2D eigenvalue weighted by Gasteiger charge is 2.38. The second-order valence-corrected chi connectivity index (χ2v) is 4.51. The number of pyridine rings is 1. The molecule has 88 valence electrons. The third kappa shape index (κ3) is 2.18. The van der Waals surface area contributed by atoms with Crippen molar-refractivity contribution in [3.05, 3.63) is 29.6 Å². The highest BCUT2D eigenvalue weighted by molar-refractivity contribution is 6.14. The molecule has 0 saturated carbocycles. The Morgan fingerprint density at radius 3 is 2.82 bits per heavy atom. The second kappa shape index (κ2) is 4.12. The van der Waals surface area contributed by atoms with Crippen LogP contribution in [0.25, 0.3) is 0 Å². The highest BCUT2D eigenvalue weighted by Crippen LogP contribution is 2.28. The first-order chi connectivity index (χ1) is 7.91. The Hall–Kier alpha value is -1.40. The van der Waals surface area contributed by atoms with Crippen LogP contribution < -0.4 is 5.73 Å². The lowest BCUT2D eigenvalue weighted by molar-refractivity contribution is -0.102. The number of aliphatic hydroxyl groups is 1. The van der Waals surface area contributed by atoms with Gasteiger partial charge in [-0.2, -0.15) is 0 Å². The molecule has 1 unspecified atom stereocenters. The summed E-state index contributed by atoms with van der Waals surface area (Å²) in [7, 11) is 5.84. The van der Waals surface area contributed by atoms with Crippen molar-refractivity contribution in [3.63, 3.8) is 0 Å². The third-order valence-corrected chi connectivity index (χ3v) is 2.92. The van der Waals surface area contributed by atoms with Gasteiger partial charge in [0, 0.05) is 13.1 Å². The van der Waals surface area contributed by atoms with Gasteiger partial charge in [-0.15, -0.1) is 0 Å². The van der Waals surface area contributed by atoms with Crippen molar-refractivity contribution >= 4 is 13.8 Å². The van der Waals surface area contributed by atoms with Crippen LogP contribution in [-0.4, -0.2) is 41.8 Å². The molecule has 0 aliphatic carbocycles. The van der Waals surface area contributed by atoms with Crippen molar-refractivity contribution in [3.8, 4) is 0 Å². The van der Waals surface area contributed by atoms with E-state index in [1.165, 1.54) is 6.07 Å². The average molecular weight is 231 g/mol. The Labute approximate surface area is 101 Å². The van der Waals surface area contributed by atoms with Gasteiger partial charge < -0.3 is 10.8 Å². The predicted molar refractivity (Wildman–Crippen MR) is 63.1 cm³/mol. The molecule has 2 rings (SSSR count). The van der Waals surface area contributed by atoms with Crippen molar-refractivity contribution < 1.29 is 9.90 Å². The summed E-state index contributed by atoms with van der Waals surface area (Å²) in [6.45, 7) is 3.48. The minimum atomic E-state index is -1.64. The number of nitrogens with two attached hydrogens (primary N) is 1. The van der Waals surface area contributed by atoms with E-state index < -0.39 is 11.5 Å². The Morgan fingerprint density at radius 2 is 2.29 bits per heavy atom. The molecular weight excluding hydrogens is 217 g/mol. The van der Waals surface area contributed by atoms with E-state index in [0.29, 0.717) is 19.0 Å². The van der Waals surface area contributed by atoms with Gasteiger partial charge in [0.1, 0.15) is 19.2 Å². The van der Waals surface area contributed by atoms with Crippen LogP contribution in [0.1, 0.15) is 23.1 Å². The molecule has 1 aliphatic rings. The molecular formula is C11H14BN3O2. The summed E-state index contributed by atoms with van der Waals surface area (Å²) in [4.78, 5) is 16.7. The van der Waals surface area contributed by atoms with E-state index in [0.717, 1.165) is 0 Å². The van der Waals surface area contributed by atoms with Gasteiger partial charge in [-0.1, -0.05) is 13.0 Å². The molecule has 0 bridgehead atoms. The van der Waals surface area contributed by atoms with Gasteiger partial charge in [0.2, 0.25) is 0 Å². The van der Waals surface area contributed by atoms with Crippen molar-refractivity contribution in [1.82, 2.24) is 9.88 Å². The number of rotatable bonds is 3. The fraction of sp³-hybridized carbons (Fsp3) is 0.455. The second-order valence-electron chi connectivity index (χ2n) is 4.51. The SMILES string of the molecule is [B]C(O)(c1cccc(C(N)=O)n1)N1CC(C)C1. The molecule has 1 fully saturated rings. The fourth-order valence-corrected chi connectivity index (χ4v) is 1.92. The number of carbonyl (C=O) groups is 1. The number of hydrogen-bond acceptors (Lipinski definition) is 4. The minimum absolute atomic E-state index is 0.0972. The summed E-state index contributed by atoms with van der Waals surface area (Å²) >= 11 is 0. The van der Waals surface area contributed by atoms with Crippen LogP contribution in [0.2, 0.25) is 0 Å². The predicted octanol–water partition coefficient (Wildman–Crippen LogP) is -0.597. The summed E-state index contributed by atoms with van der Waals surface area (Å²) in [5.41, 5.74) is 3.83. The molecule has 0 aromatic carbocycles. The molecule has 2 radical (unpaired) electrons. The lowest BCUT2D eigenvalue weighted by atomic mass is 9.81. The molecule has 6 heteroatoms. The topological polar surface area (TPSA) is 79.5 Å². The molecule has 1 aromatic rings. The number of likely N-dealkylation sites (tertiary alicyclic amines) is 1. The third-order valence-electron chi connectivity index (χ3n) is 2.92. The van der Waals surface area contributed by atoms with Crippen molar-refractivity contribution in [2.75, 3.05) is 13.1 Å². The standard InChI is InChI=1S/C11H14BN3O2/c1-7-5-15(6-7)11(12,17)9-4-2-3-8(14-9)10(13)16/h2-4,7,17H,5-6H2,1H3,(H2,13,16). The molecule has 1 aliphatic heterocycles. The molecule has 2 heterocycles. The smallest absolute Gasteiger partial charge is 0.267 e. The first kappa shape index (κ1) is 12.1. The van der Waals surface area contributed by atoms with Gasteiger partial charge in [0.15, 0.2) is 0 Å². The van der Waals surface area contributed by atoms with Crippen LogP contribution in [0.5, 0.6) is 0 Å². The average Bonchev–Trinajstić information content (AvgIpc) is 2.25. The Kier molecular flexibility index (Phi) is 2.93. The number of nitrogens with zero attached hydrogens (tertiary/aromatic N) is 2. The van der Waals surface area contributed by atoms with Crippen LogP contribution >= 0.6 is 0 Å². The van der Waals surface area contributed by atoms with Crippen LogP contribution in [0.15, 0.2) is 18.2 Å². The zero-order valence-electron chi connectivity index (χ0n) is 9.63. The Balaban J connectivity index is 2.26. The van der Waals surface area contributed by atoms with Gasteiger partial charge in [0.05, 0.1) is 5.69 Å². The number of aromatic nitrogens is 1. The van der Waals surface area contributed by atoms with Crippen molar-refractivity contribution in [1.29, 1.82) is 0 Å². The van der Waals surface area contributed by atoms with E-state index in [9.17, 15) is 9.90 Å². The molecule has 3 N–H and O–H groups in total. The van der Waals surface area contributed by atoms with Gasteiger partial charge in [0.25, 0.3) is 5.91 Å². The van der Waals surface area contributed by atoms with Crippen LogP contribution in [0.4, 0.5) is 0 Å². The number of primary amides is 1. The minimum Gasteiger partial charge on any atom is -0.379 e. The van der Waals surface area contributed by atoms with E-state index >= 15 is 0 Å². The van der Waals surface area contributed by atoms with Crippen molar-refractivity contribution in [2.24, 2.45) is 11.7 Å². The van der Waals surface area contributed by atoms with Crippen LogP contribution in [0, 0.1) is 5.92 Å². The Bertz CT molecular complexity index is 444. The maximum absolute atomic E-state index is 11.0. The number of hydrogen-bond donors (Lipinski definition) is 2. The molecule has 1 amide bonds. The highest BCUT2D eigenvalue weighted by atomic mass is 16.3. The zero-order valence-corrected chi connectivity index (χ0v) is 9.63. The normalized spacial score (nSPS) is 20.6. The molecule has 1 atom stereocenters. The van der Waals surface area contributed by atoms with Crippen LogP contribution in [0.3, 0.4) is 0 Å². The fourth-order valence-electron chi connectivity index (χ4n) is 1.92. The quantitative estimate of drug-likeness (QED) is 0.681. The summed E-state index contributed by atoms with van der Waals surface area (Å²) in [6, 6.07) is 4.67. The lowest BCUT2D eigenvalue weighted by Gasteiger charge is -2.47. The Morgan fingerprint density at radius 1 is 1.65 bits per heavy atom. The first-order valence-corrected chi connectivity index (χ1v) is 5.45. The largest absolute Gasteiger partial charge is 0.379 e. The summed E-state index contributed by atoms with van der Waals surface area (Å²) in [5.74, 6) is -0.135. The number of amides is 1. The monoisotopic (exact) mass is 231 g/mol. The molecule has 1 aromatic heterocycles. The summed E-state index contributed by atoms with van der Waals surface area (Å²) in [6.07, 6.45) is 0. The molecule has 1 saturated heterocycles. The van der Waals surface area contributed by atoms with Gasteiger partial charge in [-0.05, 0) is 18.1 Å². The van der Waals surface area contributed by atoms with Gasteiger partial charge in [-0.3, -0.25) is 9.69 Å². The van der Waals surface area contributed by atoms with Crippen molar-refractivity contribution in [2.45, 2.75) is 12.5 Å². The van der Waals surface area contributed by atoms with E-state index in [4.69, 9.17) is 13.6 Å². The molecule has 17 heavy (non-hydrogen) atoms. The summed E-state index contributed by atoms with van der Waals surface area (Å²) in [5, 5.41) is 10.2. The maximum atomic E-state index is 11.0. The zero-order chi connectivity index (χ0) is 12.6. The van der Waals surface area contributed by atoms with E-state index in [1.807, 2.05) is 0 Å². The van der Waals surface area contributed by atoms with Crippen LogP contribution in [-0.2, 0) is 5.62 Å². The number of carbonyl (C=O) groups excluding carboxylic acids is 1. The molecule has 5 nitrogen and oxygen atoms in total. The maximum Gasteiger partial charge on any atom is 0.267 e. The van der Waals surface area contributed by atoms with Gasteiger partial charge >= 0.3 is 0 Å². The van der Waals surface area contributed by atoms with E-state index in [1.54, 1.807) is 17.0 Å². The first-order valence-electron chi connectivity index (χ1n) is 5.45. The summed E-state index contributed by atoms with van der Waals surface area (Å²) < 4.78 is 0. The lowest BCUT2D eigenvalue weighted by Crippen LogP contribution is -2.58. The van der Waals surface area contributed by atoms with E-state index in [2.05, 4.69) is 11.9 Å². The molecule has 0 spiro atoms. The van der Waals surface area contributed by atoms with E-state index in [-0.39, 0.29) is 11.4 Å².